The summed E-state index contributed by atoms with van der Waals surface area (Å²) in [5, 5.41) is 0. The third-order valence-corrected chi connectivity index (χ3v) is 2.83. The molecule has 2 heteroatoms. The number of imidazole rings is 1. The quantitative estimate of drug-likeness (QED) is 0.794. The Morgan fingerprint density at radius 1 is 1.27 bits per heavy atom. The molecular weight excluding hydrogens is 184 g/mol. The summed E-state index contributed by atoms with van der Waals surface area (Å²) in [6.45, 7) is 8.69. The first kappa shape index (κ1) is 10.2. The van der Waals surface area contributed by atoms with Crippen LogP contribution in [-0.4, -0.2) is 9.97 Å². The smallest absolute Gasteiger partial charge is 0.107 e. The lowest BCUT2D eigenvalue weighted by Crippen LogP contribution is -1.95. The van der Waals surface area contributed by atoms with Gasteiger partial charge in [0.15, 0.2) is 0 Å². The Morgan fingerprint density at radius 2 is 2.00 bits per heavy atom. The molecule has 0 fully saturated rings. The molecular formula is C13H18N2. The van der Waals surface area contributed by atoms with Gasteiger partial charge >= 0.3 is 0 Å². The number of nitrogens with one attached hydrogen (secondary N) is 1. The summed E-state index contributed by atoms with van der Waals surface area (Å²) in [6.07, 6.45) is 1.02. The average molecular weight is 202 g/mol. The van der Waals surface area contributed by atoms with Gasteiger partial charge in [-0.2, -0.15) is 0 Å². The second-order valence-corrected chi connectivity index (χ2v) is 4.69. The lowest BCUT2D eigenvalue weighted by Gasteiger charge is -1.98. The van der Waals surface area contributed by atoms with E-state index in [4.69, 9.17) is 0 Å². The number of aryl methyl sites for hydroxylation is 2. The van der Waals surface area contributed by atoms with Gasteiger partial charge in [-0.15, -0.1) is 0 Å². The molecule has 0 aliphatic carbocycles. The van der Waals surface area contributed by atoms with Crippen LogP contribution in [0.4, 0.5) is 0 Å². The zero-order chi connectivity index (χ0) is 11.0. The molecule has 0 spiro atoms. The van der Waals surface area contributed by atoms with E-state index in [9.17, 15) is 0 Å². The van der Waals surface area contributed by atoms with E-state index in [0.29, 0.717) is 5.92 Å². The van der Waals surface area contributed by atoms with Crippen molar-refractivity contribution < 1.29 is 0 Å². The summed E-state index contributed by atoms with van der Waals surface area (Å²) in [6, 6.07) is 4.27. The molecule has 2 aromatic rings. The molecule has 0 radical (unpaired) electrons. The van der Waals surface area contributed by atoms with Crippen LogP contribution in [0.3, 0.4) is 0 Å². The van der Waals surface area contributed by atoms with Crippen LogP contribution in [-0.2, 0) is 6.42 Å². The van der Waals surface area contributed by atoms with E-state index >= 15 is 0 Å². The van der Waals surface area contributed by atoms with Crippen molar-refractivity contribution in [2.24, 2.45) is 5.92 Å². The molecule has 0 saturated carbocycles. The minimum absolute atomic E-state index is 0.645. The molecule has 1 aromatic carbocycles. The predicted octanol–water partition coefficient (Wildman–Crippen LogP) is 3.38. The number of H-pyrrole nitrogens is 1. The highest BCUT2D eigenvalue weighted by Gasteiger charge is 2.07. The Morgan fingerprint density at radius 3 is 2.67 bits per heavy atom. The molecule has 2 nitrogen and oxygen atoms in total. The minimum atomic E-state index is 0.645. The van der Waals surface area contributed by atoms with Gasteiger partial charge in [-0.3, -0.25) is 0 Å². The fourth-order valence-electron chi connectivity index (χ4n) is 1.85. The van der Waals surface area contributed by atoms with Gasteiger partial charge in [-0.1, -0.05) is 19.9 Å². The number of hydrogen-bond acceptors (Lipinski definition) is 1. The van der Waals surface area contributed by atoms with Crippen molar-refractivity contribution >= 4 is 11.0 Å². The molecule has 0 bridgehead atoms. The molecule has 15 heavy (non-hydrogen) atoms. The third-order valence-electron chi connectivity index (χ3n) is 2.83. The van der Waals surface area contributed by atoms with Crippen LogP contribution in [0.2, 0.25) is 0 Å². The summed E-state index contributed by atoms with van der Waals surface area (Å²) in [4.78, 5) is 8.04. The Hall–Kier alpha value is -1.31. The fourth-order valence-corrected chi connectivity index (χ4v) is 1.85. The number of aromatic nitrogens is 2. The third kappa shape index (κ3) is 1.89. The number of hydrogen-bond donors (Lipinski definition) is 1. The molecule has 1 heterocycles. The SMILES string of the molecule is Cc1ccc2[nH]c(CC(C)C)nc2c1C. The number of nitrogens with zero attached hydrogens (tertiary/aromatic N) is 1. The summed E-state index contributed by atoms with van der Waals surface area (Å²) >= 11 is 0. The molecule has 1 N–H and O–H groups in total. The van der Waals surface area contributed by atoms with E-state index in [1.165, 1.54) is 11.1 Å². The standard InChI is InChI=1S/C13H18N2/c1-8(2)7-12-14-11-6-5-9(3)10(4)13(11)15-12/h5-6,8H,7H2,1-4H3,(H,14,15). The maximum atomic E-state index is 4.66. The van der Waals surface area contributed by atoms with Gasteiger partial charge in [-0.25, -0.2) is 4.98 Å². The maximum Gasteiger partial charge on any atom is 0.107 e. The van der Waals surface area contributed by atoms with Crippen LogP contribution in [0.1, 0.15) is 30.8 Å². The molecule has 0 unspecified atom stereocenters. The number of aromatic amines is 1. The van der Waals surface area contributed by atoms with Crippen LogP contribution in [0, 0.1) is 19.8 Å². The molecule has 0 aliphatic rings. The van der Waals surface area contributed by atoms with Crippen molar-refractivity contribution in [1.29, 1.82) is 0 Å². The topological polar surface area (TPSA) is 28.7 Å². The van der Waals surface area contributed by atoms with Crippen molar-refractivity contribution in [2.45, 2.75) is 34.1 Å². The Kier molecular flexibility index (Phi) is 2.51. The second kappa shape index (κ2) is 3.69. The van der Waals surface area contributed by atoms with E-state index in [-0.39, 0.29) is 0 Å². The summed E-state index contributed by atoms with van der Waals surface area (Å²) in [5.74, 6) is 1.75. The molecule has 0 amide bonds. The van der Waals surface area contributed by atoms with E-state index in [1.807, 2.05) is 0 Å². The van der Waals surface area contributed by atoms with Gasteiger partial charge in [0.1, 0.15) is 5.82 Å². The molecule has 80 valence electrons. The van der Waals surface area contributed by atoms with Crippen molar-refractivity contribution in [3.8, 4) is 0 Å². The summed E-state index contributed by atoms with van der Waals surface area (Å²) < 4.78 is 0. The van der Waals surface area contributed by atoms with Crippen LogP contribution in [0.25, 0.3) is 11.0 Å². The van der Waals surface area contributed by atoms with Gasteiger partial charge in [0.25, 0.3) is 0 Å². The normalized spacial score (nSPS) is 11.5. The Balaban J connectivity index is 2.51. The van der Waals surface area contributed by atoms with E-state index in [1.54, 1.807) is 0 Å². The van der Waals surface area contributed by atoms with Crippen LogP contribution < -0.4 is 0 Å². The largest absolute Gasteiger partial charge is 0.342 e. The Labute approximate surface area is 90.7 Å². The van der Waals surface area contributed by atoms with Gasteiger partial charge in [0.05, 0.1) is 11.0 Å². The fraction of sp³-hybridized carbons (Fsp3) is 0.462. The first-order valence-electron chi connectivity index (χ1n) is 5.52. The van der Waals surface area contributed by atoms with Crippen molar-refractivity contribution in [1.82, 2.24) is 9.97 Å². The molecule has 0 saturated heterocycles. The van der Waals surface area contributed by atoms with Crippen molar-refractivity contribution in [3.05, 3.63) is 29.1 Å². The first-order chi connectivity index (χ1) is 7.08. The highest BCUT2D eigenvalue weighted by Crippen LogP contribution is 2.20. The first-order valence-corrected chi connectivity index (χ1v) is 5.52. The van der Waals surface area contributed by atoms with Crippen molar-refractivity contribution in [2.75, 3.05) is 0 Å². The molecule has 1 aromatic heterocycles. The average Bonchev–Trinajstić information content (AvgIpc) is 2.54. The van der Waals surface area contributed by atoms with E-state index in [0.717, 1.165) is 23.3 Å². The van der Waals surface area contributed by atoms with Crippen LogP contribution >= 0.6 is 0 Å². The van der Waals surface area contributed by atoms with E-state index in [2.05, 4.69) is 49.8 Å². The molecule has 0 atom stereocenters. The van der Waals surface area contributed by atoms with Gasteiger partial charge in [0.2, 0.25) is 0 Å². The van der Waals surface area contributed by atoms with Gasteiger partial charge in [0, 0.05) is 6.42 Å². The van der Waals surface area contributed by atoms with Crippen LogP contribution in [0.5, 0.6) is 0 Å². The highest BCUT2D eigenvalue weighted by atomic mass is 14.9. The lowest BCUT2D eigenvalue weighted by molar-refractivity contribution is 0.627. The van der Waals surface area contributed by atoms with Gasteiger partial charge < -0.3 is 4.98 Å². The number of rotatable bonds is 2. The van der Waals surface area contributed by atoms with Gasteiger partial charge in [-0.05, 0) is 37.0 Å². The molecule has 0 aliphatic heterocycles. The zero-order valence-corrected chi connectivity index (χ0v) is 9.89. The Bertz CT molecular complexity index is 480. The minimum Gasteiger partial charge on any atom is -0.342 e. The second-order valence-electron chi connectivity index (χ2n) is 4.69. The van der Waals surface area contributed by atoms with Crippen molar-refractivity contribution in [3.63, 3.8) is 0 Å². The zero-order valence-electron chi connectivity index (χ0n) is 9.89. The monoisotopic (exact) mass is 202 g/mol. The number of benzene rings is 1. The van der Waals surface area contributed by atoms with E-state index < -0.39 is 0 Å². The molecule has 2 rings (SSSR count). The maximum absolute atomic E-state index is 4.66. The van der Waals surface area contributed by atoms with Crippen LogP contribution in [0.15, 0.2) is 12.1 Å². The summed E-state index contributed by atoms with van der Waals surface area (Å²) in [5.41, 5.74) is 4.89. The lowest BCUT2D eigenvalue weighted by atomic mass is 10.1. The predicted molar refractivity (Wildman–Crippen MR) is 64.1 cm³/mol. The number of fused-ring (bicyclic) bond motifs is 1. The highest BCUT2D eigenvalue weighted by molar-refractivity contribution is 5.79. The summed E-state index contributed by atoms with van der Waals surface area (Å²) in [7, 11) is 0.